The fourth-order valence-corrected chi connectivity index (χ4v) is 4.72. The Hall–Kier alpha value is -3.45. The molecular weight excluding hydrogens is 406 g/mol. The first-order valence-corrected chi connectivity index (χ1v) is 10.6. The lowest BCUT2D eigenvalue weighted by molar-refractivity contribution is 0.286. The SMILES string of the molecule is Cc1cc([C@H]2[C@@H](c3ccccn3)NC(=S)N2Cc2ccco2)c(C)n1-c1ccccn1. The van der Waals surface area contributed by atoms with Crippen LogP contribution in [0, 0.1) is 13.8 Å². The molecule has 0 unspecified atom stereocenters. The van der Waals surface area contributed by atoms with Crippen LogP contribution in [0.3, 0.4) is 0 Å². The number of hydrogen-bond donors (Lipinski definition) is 1. The molecule has 0 aliphatic carbocycles. The van der Waals surface area contributed by atoms with Crippen molar-refractivity contribution in [1.29, 1.82) is 0 Å². The molecule has 1 aliphatic rings. The lowest BCUT2D eigenvalue weighted by atomic mass is 9.96. The Labute approximate surface area is 186 Å². The minimum Gasteiger partial charge on any atom is -0.467 e. The second-order valence-corrected chi connectivity index (χ2v) is 8.07. The van der Waals surface area contributed by atoms with Gasteiger partial charge in [0.15, 0.2) is 5.11 Å². The zero-order valence-corrected chi connectivity index (χ0v) is 18.2. The molecule has 156 valence electrons. The van der Waals surface area contributed by atoms with Crippen LogP contribution in [0.15, 0.2) is 77.7 Å². The maximum absolute atomic E-state index is 5.77. The second kappa shape index (κ2) is 8.00. The van der Waals surface area contributed by atoms with Crippen molar-refractivity contribution in [3.63, 3.8) is 0 Å². The second-order valence-electron chi connectivity index (χ2n) is 7.68. The van der Waals surface area contributed by atoms with Crippen LogP contribution in [0.4, 0.5) is 0 Å². The number of nitrogens with zero attached hydrogens (tertiary/aromatic N) is 4. The average molecular weight is 430 g/mol. The van der Waals surface area contributed by atoms with Gasteiger partial charge in [-0.2, -0.15) is 0 Å². The third kappa shape index (κ3) is 3.51. The first kappa shape index (κ1) is 19.5. The number of pyridine rings is 2. The van der Waals surface area contributed by atoms with E-state index < -0.39 is 0 Å². The standard InChI is InChI=1S/C24H23N5OS/c1-16-14-19(17(2)29(16)21-10-4-6-12-26-21)23-22(20-9-3-5-11-25-20)27-24(31)28(23)15-18-8-7-13-30-18/h3-14,22-23H,15H2,1-2H3,(H,27,31)/t22-,23+/m1/s1. The molecule has 1 fully saturated rings. The van der Waals surface area contributed by atoms with Crippen molar-refractivity contribution in [2.45, 2.75) is 32.5 Å². The van der Waals surface area contributed by atoms with Crippen LogP contribution >= 0.6 is 12.2 Å². The first-order valence-electron chi connectivity index (χ1n) is 10.2. The fourth-order valence-electron chi connectivity index (χ4n) is 4.41. The summed E-state index contributed by atoms with van der Waals surface area (Å²) in [6.07, 6.45) is 5.34. The van der Waals surface area contributed by atoms with E-state index in [1.54, 1.807) is 6.26 Å². The molecular formula is C24H23N5OS. The van der Waals surface area contributed by atoms with Crippen LogP contribution in [0.2, 0.25) is 0 Å². The number of hydrogen-bond acceptors (Lipinski definition) is 4. The lowest BCUT2D eigenvalue weighted by Crippen LogP contribution is -2.29. The lowest BCUT2D eigenvalue weighted by Gasteiger charge is -2.27. The molecule has 0 aromatic carbocycles. The van der Waals surface area contributed by atoms with Gasteiger partial charge in [-0.15, -0.1) is 0 Å². The summed E-state index contributed by atoms with van der Waals surface area (Å²) in [4.78, 5) is 11.4. The van der Waals surface area contributed by atoms with Gasteiger partial charge >= 0.3 is 0 Å². The largest absolute Gasteiger partial charge is 0.467 e. The highest BCUT2D eigenvalue weighted by atomic mass is 32.1. The molecule has 5 heterocycles. The van der Waals surface area contributed by atoms with Crippen LogP contribution in [-0.2, 0) is 6.54 Å². The minimum absolute atomic E-state index is 0.0313. The summed E-state index contributed by atoms with van der Waals surface area (Å²) in [6.45, 7) is 4.83. The quantitative estimate of drug-likeness (QED) is 0.466. The van der Waals surface area contributed by atoms with E-state index in [0.29, 0.717) is 11.7 Å². The van der Waals surface area contributed by atoms with Gasteiger partial charge in [0.05, 0.1) is 30.6 Å². The van der Waals surface area contributed by atoms with E-state index in [4.69, 9.17) is 16.6 Å². The van der Waals surface area contributed by atoms with Gasteiger partial charge in [0.1, 0.15) is 11.6 Å². The molecule has 31 heavy (non-hydrogen) atoms. The van der Waals surface area contributed by atoms with Crippen molar-refractivity contribution >= 4 is 17.3 Å². The van der Waals surface area contributed by atoms with Crippen LogP contribution in [0.1, 0.15) is 40.5 Å². The summed E-state index contributed by atoms with van der Waals surface area (Å²) in [7, 11) is 0. The molecule has 5 rings (SSSR count). The monoisotopic (exact) mass is 429 g/mol. The van der Waals surface area contributed by atoms with Crippen molar-refractivity contribution in [2.75, 3.05) is 0 Å². The van der Waals surface area contributed by atoms with Crippen molar-refractivity contribution in [3.8, 4) is 5.82 Å². The van der Waals surface area contributed by atoms with Crippen molar-refractivity contribution in [1.82, 2.24) is 24.8 Å². The molecule has 0 radical (unpaired) electrons. The van der Waals surface area contributed by atoms with Gasteiger partial charge in [-0.05, 0) is 74.1 Å². The molecule has 1 aliphatic heterocycles. The molecule has 0 saturated carbocycles. The predicted molar refractivity (Wildman–Crippen MR) is 123 cm³/mol. The van der Waals surface area contributed by atoms with Crippen molar-refractivity contribution in [2.24, 2.45) is 0 Å². The molecule has 4 aromatic rings. The van der Waals surface area contributed by atoms with Crippen molar-refractivity contribution in [3.05, 3.63) is 102 Å². The van der Waals surface area contributed by atoms with Crippen LogP contribution < -0.4 is 5.32 Å². The maximum atomic E-state index is 5.77. The molecule has 6 nitrogen and oxygen atoms in total. The Morgan fingerprint density at radius 1 is 1.03 bits per heavy atom. The van der Waals surface area contributed by atoms with Gasteiger partial charge in [0.2, 0.25) is 0 Å². The summed E-state index contributed by atoms with van der Waals surface area (Å²) in [5, 5.41) is 4.20. The van der Waals surface area contributed by atoms with Gasteiger partial charge in [-0.3, -0.25) is 4.98 Å². The highest BCUT2D eigenvalue weighted by molar-refractivity contribution is 7.80. The molecule has 2 atom stereocenters. The number of furan rings is 1. The molecule has 0 bridgehead atoms. The highest BCUT2D eigenvalue weighted by Gasteiger charge is 2.41. The van der Waals surface area contributed by atoms with Gasteiger partial charge < -0.3 is 19.2 Å². The summed E-state index contributed by atoms with van der Waals surface area (Å²) in [5.74, 6) is 1.78. The molecule has 7 heteroatoms. The summed E-state index contributed by atoms with van der Waals surface area (Å²) >= 11 is 5.77. The Bertz CT molecular complexity index is 1190. The van der Waals surface area contributed by atoms with E-state index in [2.05, 4.69) is 44.7 Å². The van der Waals surface area contributed by atoms with E-state index in [-0.39, 0.29) is 12.1 Å². The smallest absolute Gasteiger partial charge is 0.170 e. The number of nitrogens with one attached hydrogen (secondary N) is 1. The zero-order chi connectivity index (χ0) is 21.4. The minimum atomic E-state index is -0.0682. The Morgan fingerprint density at radius 2 is 1.84 bits per heavy atom. The van der Waals surface area contributed by atoms with E-state index in [1.165, 1.54) is 5.56 Å². The number of aryl methyl sites for hydroxylation is 1. The Balaban J connectivity index is 1.62. The van der Waals surface area contributed by atoms with E-state index in [9.17, 15) is 0 Å². The van der Waals surface area contributed by atoms with Crippen LogP contribution in [0.5, 0.6) is 0 Å². The third-order valence-corrected chi connectivity index (χ3v) is 6.12. The van der Waals surface area contributed by atoms with Gasteiger partial charge in [-0.1, -0.05) is 12.1 Å². The topological polar surface area (TPSA) is 59.1 Å². The fraction of sp³-hybridized carbons (Fsp3) is 0.208. The Kier molecular flexibility index (Phi) is 5.03. The van der Waals surface area contributed by atoms with Crippen molar-refractivity contribution < 1.29 is 4.42 Å². The van der Waals surface area contributed by atoms with Crippen LogP contribution in [-0.4, -0.2) is 24.5 Å². The van der Waals surface area contributed by atoms with Crippen LogP contribution in [0.25, 0.3) is 5.82 Å². The molecule has 1 saturated heterocycles. The molecule has 0 spiro atoms. The summed E-state index contributed by atoms with van der Waals surface area (Å²) < 4.78 is 7.83. The van der Waals surface area contributed by atoms with Gasteiger partial charge in [-0.25, -0.2) is 4.98 Å². The first-order chi connectivity index (χ1) is 15.1. The normalized spacial score (nSPS) is 18.4. The highest BCUT2D eigenvalue weighted by Crippen LogP contribution is 2.42. The maximum Gasteiger partial charge on any atom is 0.170 e. The number of rotatable bonds is 5. The van der Waals surface area contributed by atoms with E-state index in [1.807, 2.05) is 60.9 Å². The van der Waals surface area contributed by atoms with E-state index >= 15 is 0 Å². The molecule has 1 N–H and O–H groups in total. The van der Waals surface area contributed by atoms with Gasteiger partial charge in [0.25, 0.3) is 0 Å². The number of aromatic nitrogens is 3. The number of thiocarbonyl (C=S) groups is 1. The molecule has 4 aromatic heterocycles. The van der Waals surface area contributed by atoms with Gasteiger partial charge in [0, 0.05) is 23.8 Å². The summed E-state index contributed by atoms with van der Waals surface area (Å²) in [6, 6.07) is 18.0. The molecule has 0 amide bonds. The summed E-state index contributed by atoms with van der Waals surface area (Å²) in [5.41, 5.74) is 4.41. The Morgan fingerprint density at radius 3 is 2.52 bits per heavy atom. The zero-order valence-electron chi connectivity index (χ0n) is 17.4. The third-order valence-electron chi connectivity index (χ3n) is 5.77. The van der Waals surface area contributed by atoms with E-state index in [0.717, 1.165) is 28.7 Å². The predicted octanol–water partition coefficient (Wildman–Crippen LogP) is 4.65. The average Bonchev–Trinajstić information content (AvgIpc) is 3.49.